The van der Waals surface area contributed by atoms with E-state index < -0.39 is 30.2 Å². The highest BCUT2D eigenvalue weighted by molar-refractivity contribution is 7.99. The zero-order chi connectivity index (χ0) is 20.1. The molecule has 3 rings (SSSR count). The van der Waals surface area contributed by atoms with Crippen molar-refractivity contribution in [3.63, 3.8) is 0 Å². The zero-order valence-corrected chi connectivity index (χ0v) is 15.0. The van der Waals surface area contributed by atoms with Crippen molar-refractivity contribution in [2.75, 3.05) is 17.7 Å². The Kier molecular flexibility index (Phi) is 5.88. The van der Waals surface area contributed by atoms with Gasteiger partial charge in [-0.3, -0.25) is 9.59 Å². The SMILES string of the molecule is O=C(COC(=O)CSc1nc2ccccc2o1)Nc1ccc(C(F)(F)F)cc1. The van der Waals surface area contributed by atoms with Gasteiger partial charge in [0.05, 0.1) is 5.56 Å². The molecular weight excluding hydrogens is 397 g/mol. The second kappa shape index (κ2) is 8.34. The Bertz CT molecular complexity index is 953. The zero-order valence-electron chi connectivity index (χ0n) is 14.2. The highest BCUT2D eigenvalue weighted by Gasteiger charge is 2.30. The summed E-state index contributed by atoms with van der Waals surface area (Å²) in [6.07, 6.45) is -4.45. The number of esters is 1. The van der Waals surface area contributed by atoms with Gasteiger partial charge in [-0.25, -0.2) is 4.98 Å². The smallest absolute Gasteiger partial charge is 0.416 e. The molecular formula is C18H13F3N2O4S. The number of fused-ring (bicyclic) bond motifs is 1. The fourth-order valence-electron chi connectivity index (χ4n) is 2.16. The third kappa shape index (κ3) is 5.26. The first kappa shape index (κ1) is 19.7. The van der Waals surface area contributed by atoms with Gasteiger partial charge in [-0.15, -0.1) is 0 Å². The molecule has 3 aromatic rings. The molecule has 0 saturated carbocycles. The number of hydrogen-bond donors (Lipinski definition) is 1. The molecule has 0 aliphatic carbocycles. The first-order valence-electron chi connectivity index (χ1n) is 7.92. The molecule has 1 N–H and O–H groups in total. The van der Waals surface area contributed by atoms with Gasteiger partial charge in [0.1, 0.15) is 11.3 Å². The number of hydrogen-bond acceptors (Lipinski definition) is 6. The molecule has 1 heterocycles. The fraction of sp³-hybridized carbons (Fsp3) is 0.167. The Balaban J connectivity index is 1.43. The summed E-state index contributed by atoms with van der Waals surface area (Å²) in [6.45, 7) is -0.562. The van der Waals surface area contributed by atoms with Crippen molar-refractivity contribution in [2.24, 2.45) is 0 Å². The number of nitrogens with one attached hydrogen (secondary N) is 1. The first-order chi connectivity index (χ1) is 13.3. The monoisotopic (exact) mass is 410 g/mol. The molecule has 0 bridgehead atoms. The Morgan fingerprint density at radius 1 is 1.11 bits per heavy atom. The molecule has 0 aliphatic heterocycles. The van der Waals surface area contributed by atoms with Crippen LogP contribution in [0.3, 0.4) is 0 Å². The topological polar surface area (TPSA) is 81.4 Å². The molecule has 0 fully saturated rings. The summed E-state index contributed by atoms with van der Waals surface area (Å²) in [5.41, 5.74) is 0.589. The average Bonchev–Trinajstić information content (AvgIpc) is 3.07. The number of rotatable bonds is 6. The van der Waals surface area contributed by atoms with Gasteiger partial charge < -0.3 is 14.5 Å². The molecule has 0 saturated heterocycles. The molecule has 2 aromatic carbocycles. The molecule has 10 heteroatoms. The number of ether oxygens (including phenoxy) is 1. The minimum atomic E-state index is -4.45. The summed E-state index contributed by atoms with van der Waals surface area (Å²) >= 11 is 1.02. The second-order valence-corrected chi connectivity index (χ2v) is 6.45. The van der Waals surface area contributed by atoms with Crippen LogP contribution in [-0.4, -0.2) is 29.2 Å². The molecule has 1 aromatic heterocycles. The van der Waals surface area contributed by atoms with Crippen molar-refractivity contribution in [1.82, 2.24) is 4.98 Å². The molecule has 146 valence electrons. The summed E-state index contributed by atoms with van der Waals surface area (Å²) in [5.74, 6) is -1.43. The van der Waals surface area contributed by atoms with Crippen LogP contribution in [0.25, 0.3) is 11.1 Å². The lowest BCUT2D eigenvalue weighted by Crippen LogP contribution is -2.21. The van der Waals surface area contributed by atoms with Gasteiger partial charge in [0.15, 0.2) is 12.2 Å². The molecule has 0 unspecified atom stereocenters. The van der Waals surface area contributed by atoms with E-state index >= 15 is 0 Å². The Morgan fingerprint density at radius 3 is 2.50 bits per heavy atom. The lowest BCUT2D eigenvalue weighted by atomic mass is 10.2. The maximum absolute atomic E-state index is 12.5. The average molecular weight is 410 g/mol. The van der Waals surface area contributed by atoms with Crippen LogP contribution in [0.5, 0.6) is 0 Å². The number of oxazole rings is 1. The van der Waals surface area contributed by atoms with Crippen LogP contribution in [0.4, 0.5) is 18.9 Å². The van der Waals surface area contributed by atoms with Crippen LogP contribution in [0.1, 0.15) is 5.56 Å². The quantitative estimate of drug-likeness (QED) is 0.486. The predicted molar refractivity (Wildman–Crippen MR) is 95.8 cm³/mol. The standard InChI is InChI=1S/C18H13F3N2O4S/c19-18(20,21)11-5-7-12(8-6-11)22-15(24)9-26-16(25)10-28-17-23-13-3-1-2-4-14(13)27-17/h1-8H,9-10H2,(H,22,24). The summed E-state index contributed by atoms with van der Waals surface area (Å²) in [4.78, 5) is 27.7. The lowest BCUT2D eigenvalue weighted by Gasteiger charge is -2.09. The van der Waals surface area contributed by atoms with Crippen molar-refractivity contribution in [3.8, 4) is 0 Å². The minimum absolute atomic E-state index is 0.111. The van der Waals surface area contributed by atoms with Crippen molar-refractivity contribution >= 4 is 40.4 Å². The van der Waals surface area contributed by atoms with Gasteiger partial charge in [-0.1, -0.05) is 23.9 Å². The van der Waals surface area contributed by atoms with Crippen molar-refractivity contribution in [1.29, 1.82) is 0 Å². The molecule has 0 aliphatic rings. The van der Waals surface area contributed by atoms with Crippen LogP contribution in [-0.2, 0) is 20.5 Å². The number of aromatic nitrogens is 1. The van der Waals surface area contributed by atoms with Crippen molar-refractivity contribution in [2.45, 2.75) is 11.4 Å². The number of halogens is 3. The van der Waals surface area contributed by atoms with Gasteiger partial charge in [0.25, 0.3) is 11.1 Å². The van der Waals surface area contributed by atoms with E-state index in [1.165, 1.54) is 0 Å². The second-order valence-electron chi connectivity index (χ2n) is 5.52. The summed E-state index contributed by atoms with van der Waals surface area (Å²) < 4.78 is 47.7. The number of thioether (sulfide) groups is 1. The number of nitrogens with zero attached hydrogens (tertiary/aromatic N) is 1. The number of benzene rings is 2. The van der Waals surface area contributed by atoms with Gasteiger partial charge in [-0.05, 0) is 36.4 Å². The van der Waals surface area contributed by atoms with Gasteiger partial charge in [0.2, 0.25) is 0 Å². The Hall–Kier alpha value is -3.01. The Labute approximate surface area is 161 Å². The number of carbonyl (C=O) groups is 2. The van der Waals surface area contributed by atoms with E-state index in [4.69, 9.17) is 9.15 Å². The molecule has 0 atom stereocenters. The Morgan fingerprint density at radius 2 is 1.82 bits per heavy atom. The fourth-order valence-corrected chi connectivity index (χ4v) is 2.80. The van der Waals surface area contributed by atoms with E-state index in [1.54, 1.807) is 18.2 Å². The van der Waals surface area contributed by atoms with Crippen LogP contribution in [0, 0.1) is 0 Å². The number of para-hydroxylation sites is 2. The number of carbonyl (C=O) groups excluding carboxylic acids is 2. The number of anilines is 1. The van der Waals surface area contributed by atoms with Crippen molar-refractivity contribution in [3.05, 3.63) is 54.1 Å². The highest BCUT2D eigenvalue weighted by Crippen LogP contribution is 2.29. The van der Waals surface area contributed by atoms with E-state index in [0.29, 0.717) is 16.3 Å². The third-order valence-electron chi connectivity index (χ3n) is 3.45. The van der Waals surface area contributed by atoms with Crippen LogP contribution < -0.4 is 5.32 Å². The molecule has 28 heavy (non-hydrogen) atoms. The van der Waals surface area contributed by atoms with E-state index in [-0.39, 0.29) is 11.4 Å². The van der Waals surface area contributed by atoms with E-state index in [0.717, 1.165) is 36.0 Å². The first-order valence-corrected chi connectivity index (χ1v) is 8.91. The van der Waals surface area contributed by atoms with Crippen LogP contribution in [0.15, 0.2) is 58.2 Å². The van der Waals surface area contributed by atoms with Gasteiger partial charge in [-0.2, -0.15) is 13.2 Å². The maximum atomic E-state index is 12.5. The molecule has 0 radical (unpaired) electrons. The molecule has 6 nitrogen and oxygen atoms in total. The largest absolute Gasteiger partial charge is 0.455 e. The maximum Gasteiger partial charge on any atom is 0.416 e. The van der Waals surface area contributed by atoms with Gasteiger partial charge in [0, 0.05) is 5.69 Å². The summed E-state index contributed by atoms with van der Waals surface area (Å²) in [6, 6.07) is 11.0. The summed E-state index contributed by atoms with van der Waals surface area (Å²) in [7, 11) is 0. The van der Waals surface area contributed by atoms with Gasteiger partial charge >= 0.3 is 12.1 Å². The predicted octanol–water partition coefficient (Wildman–Crippen LogP) is 4.12. The number of amides is 1. The highest BCUT2D eigenvalue weighted by atomic mass is 32.2. The third-order valence-corrected chi connectivity index (χ3v) is 4.25. The van der Waals surface area contributed by atoms with E-state index in [1.807, 2.05) is 6.07 Å². The molecule has 1 amide bonds. The summed E-state index contributed by atoms with van der Waals surface area (Å²) in [5, 5.41) is 2.64. The van der Waals surface area contributed by atoms with E-state index in [2.05, 4.69) is 10.3 Å². The normalized spacial score (nSPS) is 11.4. The number of alkyl halides is 3. The van der Waals surface area contributed by atoms with Crippen molar-refractivity contribution < 1.29 is 31.9 Å². The van der Waals surface area contributed by atoms with E-state index in [9.17, 15) is 22.8 Å². The van der Waals surface area contributed by atoms with Crippen LogP contribution >= 0.6 is 11.8 Å². The molecule has 0 spiro atoms. The van der Waals surface area contributed by atoms with Crippen LogP contribution in [0.2, 0.25) is 0 Å². The minimum Gasteiger partial charge on any atom is -0.455 e. The lowest BCUT2D eigenvalue weighted by molar-refractivity contribution is -0.144.